The monoisotopic (exact) mass is 382 g/mol. The number of piperazine rings is 1. The average molecular weight is 383 g/mol. The predicted octanol–water partition coefficient (Wildman–Crippen LogP) is 2.51. The van der Waals surface area contributed by atoms with Crippen LogP contribution in [0.5, 0.6) is 5.75 Å². The first-order valence-corrected chi connectivity index (χ1v) is 9.87. The number of ether oxygens (including phenoxy) is 1. The number of hydrogen-bond acceptors (Lipinski definition) is 5. The maximum Gasteiger partial charge on any atom is 0.495 e. The van der Waals surface area contributed by atoms with Crippen LogP contribution < -0.4 is 10.2 Å². The van der Waals surface area contributed by atoms with E-state index >= 15 is 0 Å². The van der Waals surface area contributed by atoms with Gasteiger partial charge in [-0.3, -0.25) is 4.90 Å². The van der Waals surface area contributed by atoms with Crippen molar-refractivity contribution in [2.45, 2.75) is 39.9 Å². The highest BCUT2D eigenvalue weighted by atomic mass is 35.5. The number of rotatable bonds is 9. The molecule has 0 N–H and O–H groups in total. The summed E-state index contributed by atoms with van der Waals surface area (Å²) >= 11 is 6.48. The first-order valence-electron chi connectivity index (χ1n) is 9.49. The zero-order chi connectivity index (χ0) is 19.1. The minimum Gasteiger partial charge on any atom is -0.492 e. The molecule has 1 aromatic carbocycles. The summed E-state index contributed by atoms with van der Waals surface area (Å²) in [7, 11) is 1.69. The molecule has 5 nitrogen and oxygen atoms in total. The molecule has 1 saturated heterocycles. The SMILES string of the molecule is CC(C)OB(OC(C)C)c1ccc(OCCN2CCN(C)CC2)cc1Cl. The van der Waals surface area contributed by atoms with Crippen molar-refractivity contribution in [2.24, 2.45) is 0 Å². The number of benzene rings is 1. The zero-order valence-corrected chi connectivity index (χ0v) is 17.5. The van der Waals surface area contributed by atoms with Gasteiger partial charge in [-0.2, -0.15) is 0 Å². The van der Waals surface area contributed by atoms with E-state index in [1.54, 1.807) is 0 Å². The van der Waals surface area contributed by atoms with E-state index in [1.807, 2.05) is 45.9 Å². The summed E-state index contributed by atoms with van der Waals surface area (Å²) in [5.74, 6) is 0.778. The first kappa shape index (κ1) is 21.5. The van der Waals surface area contributed by atoms with Gasteiger partial charge in [-0.1, -0.05) is 17.7 Å². The molecule has 7 heteroatoms. The third-order valence-corrected chi connectivity index (χ3v) is 4.62. The van der Waals surface area contributed by atoms with Crippen molar-refractivity contribution in [3.63, 3.8) is 0 Å². The maximum absolute atomic E-state index is 6.48. The number of likely N-dealkylation sites (N-methyl/N-ethyl adjacent to an activating group) is 1. The lowest BCUT2D eigenvalue weighted by Crippen LogP contribution is -2.45. The third kappa shape index (κ3) is 7.08. The minimum atomic E-state index is -0.470. The molecule has 146 valence electrons. The highest BCUT2D eigenvalue weighted by Crippen LogP contribution is 2.18. The zero-order valence-electron chi connectivity index (χ0n) is 16.7. The van der Waals surface area contributed by atoms with Crippen LogP contribution in [0.3, 0.4) is 0 Å². The van der Waals surface area contributed by atoms with E-state index < -0.39 is 7.12 Å². The normalized spacial score (nSPS) is 16.5. The Morgan fingerprint density at radius 1 is 1.04 bits per heavy atom. The lowest BCUT2D eigenvalue weighted by molar-refractivity contribution is 0.133. The van der Waals surface area contributed by atoms with Gasteiger partial charge in [0.2, 0.25) is 0 Å². The molecule has 0 saturated carbocycles. The van der Waals surface area contributed by atoms with Gasteiger partial charge in [0.25, 0.3) is 0 Å². The van der Waals surface area contributed by atoms with Gasteiger partial charge in [0.05, 0.1) is 0 Å². The van der Waals surface area contributed by atoms with Gasteiger partial charge < -0.3 is 18.9 Å². The van der Waals surface area contributed by atoms with Crippen LogP contribution in [0.15, 0.2) is 18.2 Å². The van der Waals surface area contributed by atoms with Crippen molar-refractivity contribution in [2.75, 3.05) is 46.4 Å². The average Bonchev–Trinajstić information content (AvgIpc) is 2.55. The van der Waals surface area contributed by atoms with Crippen LogP contribution in [0.1, 0.15) is 27.7 Å². The van der Waals surface area contributed by atoms with E-state index in [-0.39, 0.29) is 12.2 Å². The molecule has 0 bridgehead atoms. The van der Waals surface area contributed by atoms with Crippen molar-refractivity contribution >= 4 is 24.2 Å². The molecule has 0 radical (unpaired) electrons. The maximum atomic E-state index is 6.48. The Bertz CT molecular complexity index is 542. The van der Waals surface area contributed by atoms with Crippen molar-refractivity contribution in [1.29, 1.82) is 0 Å². The molecule has 0 aliphatic carbocycles. The molecule has 2 rings (SSSR count). The summed E-state index contributed by atoms with van der Waals surface area (Å²) in [6.07, 6.45) is 0.101. The summed E-state index contributed by atoms with van der Waals surface area (Å²) in [4.78, 5) is 4.78. The fourth-order valence-electron chi connectivity index (χ4n) is 2.83. The molecule has 1 aliphatic rings. The second kappa shape index (κ2) is 10.5. The second-order valence-electron chi connectivity index (χ2n) is 7.38. The van der Waals surface area contributed by atoms with Crippen LogP contribution in [-0.2, 0) is 9.31 Å². The number of hydrogen-bond donors (Lipinski definition) is 0. The summed E-state index contributed by atoms with van der Waals surface area (Å²) in [5, 5.41) is 0.605. The van der Waals surface area contributed by atoms with Gasteiger partial charge in [0.1, 0.15) is 12.4 Å². The van der Waals surface area contributed by atoms with E-state index in [0.29, 0.717) is 11.6 Å². The van der Waals surface area contributed by atoms with Crippen molar-refractivity contribution < 1.29 is 14.0 Å². The molecule has 0 unspecified atom stereocenters. The summed E-state index contributed by atoms with van der Waals surface area (Å²) in [6.45, 7) is 14.0. The van der Waals surface area contributed by atoms with E-state index in [4.69, 9.17) is 25.6 Å². The van der Waals surface area contributed by atoms with Crippen LogP contribution in [0.4, 0.5) is 0 Å². The summed E-state index contributed by atoms with van der Waals surface area (Å²) in [5.41, 5.74) is 0.834. The minimum absolute atomic E-state index is 0.0503. The first-order chi connectivity index (χ1) is 12.3. The van der Waals surface area contributed by atoms with Crippen molar-refractivity contribution in [3.05, 3.63) is 23.2 Å². The van der Waals surface area contributed by atoms with Crippen LogP contribution in [0, 0.1) is 0 Å². The Morgan fingerprint density at radius 2 is 1.65 bits per heavy atom. The molecule has 1 fully saturated rings. The molecule has 0 atom stereocenters. The Kier molecular flexibility index (Phi) is 8.71. The largest absolute Gasteiger partial charge is 0.495 e. The molecule has 0 amide bonds. The van der Waals surface area contributed by atoms with E-state index in [0.717, 1.165) is 43.9 Å². The molecule has 1 aliphatic heterocycles. The smallest absolute Gasteiger partial charge is 0.492 e. The van der Waals surface area contributed by atoms with E-state index in [1.165, 1.54) is 0 Å². The molecule has 26 heavy (non-hydrogen) atoms. The van der Waals surface area contributed by atoms with E-state index in [9.17, 15) is 0 Å². The van der Waals surface area contributed by atoms with Gasteiger partial charge in [0, 0.05) is 55.4 Å². The second-order valence-corrected chi connectivity index (χ2v) is 7.79. The fourth-order valence-corrected chi connectivity index (χ4v) is 3.09. The molecule has 1 heterocycles. The van der Waals surface area contributed by atoms with Crippen molar-refractivity contribution in [3.8, 4) is 5.75 Å². The number of nitrogens with zero attached hydrogens (tertiary/aromatic N) is 2. The van der Waals surface area contributed by atoms with Crippen LogP contribution in [0.2, 0.25) is 5.02 Å². The Balaban J connectivity index is 1.90. The summed E-state index contributed by atoms with van der Waals surface area (Å²) in [6, 6.07) is 5.72. The van der Waals surface area contributed by atoms with Gasteiger partial charge >= 0.3 is 7.12 Å². The standard InChI is InChI=1S/C19H32BClN2O3/c1-15(2)25-20(26-16(3)4)18-7-6-17(14-19(18)21)24-13-12-23-10-8-22(5)9-11-23/h6-7,14-16H,8-13H2,1-5H3. The lowest BCUT2D eigenvalue weighted by atomic mass is 9.78. The topological polar surface area (TPSA) is 34.2 Å². The lowest BCUT2D eigenvalue weighted by Gasteiger charge is -2.32. The molecular weight excluding hydrogens is 350 g/mol. The molecule has 1 aromatic rings. The fraction of sp³-hybridized carbons (Fsp3) is 0.684. The van der Waals surface area contributed by atoms with Crippen LogP contribution in [0.25, 0.3) is 0 Å². The van der Waals surface area contributed by atoms with Crippen molar-refractivity contribution in [1.82, 2.24) is 9.80 Å². The Labute approximate surface area is 163 Å². The predicted molar refractivity (Wildman–Crippen MR) is 109 cm³/mol. The molecule has 0 spiro atoms. The number of halogens is 1. The van der Waals surface area contributed by atoms with Crippen LogP contribution in [-0.4, -0.2) is 75.5 Å². The van der Waals surface area contributed by atoms with E-state index in [2.05, 4.69) is 16.8 Å². The molecular formula is C19H32BClN2O3. The van der Waals surface area contributed by atoms with Gasteiger partial charge in [-0.05, 0) is 46.9 Å². The Hall–Kier alpha value is -0.785. The van der Waals surface area contributed by atoms with Gasteiger partial charge in [-0.25, -0.2) is 0 Å². The Morgan fingerprint density at radius 3 is 2.19 bits per heavy atom. The van der Waals surface area contributed by atoms with Gasteiger partial charge in [-0.15, -0.1) is 0 Å². The highest BCUT2D eigenvalue weighted by molar-refractivity contribution is 6.65. The molecule has 0 aromatic heterocycles. The van der Waals surface area contributed by atoms with Crippen LogP contribution >= 0.6 is 11.6 Å². The van der Waals surface area contributed by atoms with Gasteiger partial charge in [0.15, 0.2) is 0 Å². The highest BCUT2D eigenvalue weighted by Gasteiger charge is 2.27. The quantitative estimate of drug-likeness (QED) is 0.613. The summed E-state index contributed by atoms with van der Waals surface area (Å²) < 4.78 is 17.6. The third-order valence-electron chi connectivity index (χ3n) is 4.29.